The minimum absolute atomic E-state index is 0.000822. The molecule has 0 fully saturated rings. The second kappa shape index (κ2) is 6.80. The fraction of sp³-hybridized carbons (Fsp3) is 0.118. The van der Waals surface area contributed by atoms with Crippen molar-refractivity contribution in [3.63, 3.8) is 0 Å². The van der Waals surface area contributed by atoms with Crippen LogP contribution in [0.15, 0.2) is 49.1 Å². The molecular weight excluding hydrogens is 369 g/mol. The summed E-state index contributed by atoms with van der Waals surface area (Å²) in [6, 6.07) is 6.02. The third kappa shape index (κ3) is 4.02. The van der Waals surface area contributed by atoms with Gasteiger partial charge in [0.2, 0.25) is 0 Å². The number of anilines is 1. The Kier molecular flexibility index (Phi) is 4.69. The maximum atomic E-state index is 13.2. The van der Waals surface area contributed by atoms with Gasteiger partial charge in [-0.2, -0.15) is 13.2 Å². The number of aryl methyl sites for hydroxylation is 1. The van der Waals surface area contributed by atoms with E-state index in [2.05, 4.69) is 15.3 Å². The number of nitrogens with one attached hydrogen (secondary N) is 1. The lowest BCUT2D eigenvalue weighted by Gasteiger charge is -2.13. The van der Waals surface area contributed by atoms with Gasteiger partial charge in [0.05, 0.1) is 17.6 Å². The molecule has 0 saturated carbocycles. The minimum Gasteiger partial charge on any atom is -0.322 e. The Hall–Kier alpha value is -2.87. The summed E-state index contributed by atoms with van der Waals surface area (Å²) in [6.45, 7) is 1.72. The predicted octanol–water partition coefficient (Wildman–Crippen LogP) is 4.50. The molecule has 134 valence electrons. The number of amides is 1. The number of hydrogen-bond donors (Lipinski definition) is 1. The lowest BCUT2D eigenvalue weighted by atomic mass is 10.1. The van der Waals surface area contributed by atoms with Crippen LogP contribution in [0.5, 0.6) is 0 Å². The van der Waals surface area contributed by atoms with Gasteiger partial charge in [0.25, 0.3) is 5.91 Å². The molecule has 1 amide bonds. The van der Waals surface area contributed by atoms with Crippen molar-refractivity contribution in [1.82, 2.24) is 14.5 Å². The molecule has 0 atom stereocenters. The standard InChI is InChI=1S/C17H12ClF3N4O/c1-10-8-25(9-23-10)14-6-12(17(19,20)21)5-13(7-14)24-16(26)11-2-3-22-15(18)4-11/h2-9H,1H3,(H,24,26). The van der Waals surface area contributed by atoms with Crippen LogP contribution in [-0.2, 0) is 6.18 Å². The third-order valence-corrected chi connectivity index (χ3v) is 3.71. The van der Waals surface area contributed by atoms with Crippen LogP contribution in [0.3, 0.4) is 0 Å². The number of hydrogen-bond acceptors (Lipinski definition) is 3. The van der Waals surface area contributed by atoms with Crippen molar-refractivity contribution in [3.05, 3.63) is 71.0 Å². The number of pyridine rings is 1. The number of nitrogens with zero attached hydrogens (tertiary/aromatic N) is 3. The van der Waals surface area contributed by atoms with E-state index in [9.17, 15) is 18.0 Å². The van der Waals surface area contributed by atoms with Crippen molar-refractivity contribution in [3.8, 4) is 5.69 Å². The average Bonchev–Trinajstić information content (AvgIpc) is 3.00. The van der Waals surface area contributed by atoms with Gasteiger partial charge in [-0.3, -0.25) is 4.79 Å². The lowest BCUT2D eigenvalue weighted by molar-refractivity contribution is -0.137. The van der Waals surface area contributed by atoms with Crippen molar-refractivity contribution in [2.75, 3.05) is 5.32 Å². The van der Waals surface area contributed by atoms with E-state index in [0.717, 1.165) is 12.1 Å². The summed E-state index contributed by atoms with van der Waals surface area (Å²) in [5, 5.41) is 2.56. The maximum absolute atomic E-state index is 13.2. The fourth-order valence-corrected chi connectivity index (χ4v) is 2.48. The molecule has 1 aromatic carbocycles. The van der Waals surface area contributed by atoms with Crippen LogP contribution in [0.4, 0.5) is 18.9 Å². The summed E-state index contributed by atoms with van der Waals surface area (Å²) in [7, 11) is 0. The highest BCUT2D eigenvalue weighted by atomic mass is 35.5. The topological polar surface area (TPSA) is 59.8 Å². The van der Waals surface area contributed by atoms with E-state index in [-0.39, 0.29) is 22.1 Å². The van der Waals surface area contributed by atoms with Crippen molar-refractivity contribution < 1.29 is 18.0 Å². The molecule has 2 aromatic heterocycles. The van der Waals surface area contributed by atoms with Gasteiger partial charge in [0.1, 0.15) is 5.15 Å². The number of aromatic nitrogens is 3. The third-order valence-electron chi connectivity index (χ3n) is 3.50. The summed E-state index contributed by atoms with van der Waals surface area (Å²) < 4.78 is 41.1. The molecular formula is C17H12ClF3N4O. The second-order valence-electron chi connectivity index (χ2n) is 5.51. The summed E-state index contributed by atoms with van der Waals surface area (Å²) in [5.41, 5.74) is 0.175. The Bertz CT molecular complexity index is 969. The number of carbonyl (C=O) groups excluding carboxylic acids is 1. The Labute approximate surface area is 151 Å². The number of benzene rings is 1. The van der Waals surface area contributed by atoms with E-state index in [1.54, 1.807) is 13.1 Å². The first-order valence-corrected chi connectivity index (χ1v) is 7.76. The SMILES string of the molecule is Cc1cn(-c2cc(NC(=O)c3ccnc(Cl)c3)cc(C(F)(F)F)c2)cn1. The molecule has 0 radical (unpaired) electrons. The van der Waals surface area contributed by atoms with E-state index in [4.69, 9.17) is 11.6 Å². The van der Waals surface area contributed by atoms with Crippen molar-refractivity contribution in [2.45, 2.75) is 13.1 Å². The molecule has 2 heterocycles. The molecule has 1 N–H and O–H groups in total. The van der Waals surface area contributed by atoms with E-state index >= 15 is 0 Å². The number of carbonyl (C=O) groups is 1. The van der Waals surface area contributed by atoms with E-state index in [1.807, 2.05) is 0 Å². The Morgan fingerprint density at radius 1 is 1.19 bits per heavy atom. The van der Waals surface area contributed by atoms with Crippen LogP contribution in [0, 0.1) is 6.92 Å². The molecule has 0 aliphatic heterocycles. The van der Waals surface area contributed by atoms with Crippen LogP contribution in [0.2, 0.25) is 5.15 Å². The highest BCUT2D eigenvalue weighted by molar-refractivity contribution is 6.29. The molecule has 26 heavy (non-hydrogen) atoms. The minimum atomic E-state index is -4.56. The summed E-state index contributed by atoms with van der Waals surface area (Å²) in [6.07, 6.45) is -0.239. The van der Waals surface area contributed by atoms with Gasteiger partial charge in [0.15, 0.2) is 0 Å². The van der Waals surface area contributed by atoms with Gasteiger partial charge in [0, 0.05) is 29.3 Å². The number of alkyl halides is 3. The zero-order valence-corrected chi connectivity index (χ0v) is 14.1. The Morgan fingerprint density at radius 3 is 2.58 bits per heavy atom. The van der Waals surface area contributed by atoms with Gasteiger partial charge in [-0.15, -0.1) is 0 Å². The fourth-order valence-electron chi connectivity index (χ4n) is 2.31. The number of rotatable bonds is 3. The van der Waals surface area contributed by atoms with E-state index < -0.39 is 17.6 Å². The molecule has 3 rings (SSSR count). The molecule has 3 aromatic rings. The van der Waals surface area contributed by atoms with Gasteiger partial charge < -0.3 is 9.88 Å². The smallest absolute Gasteiger partial charge is 0.322 e. The van der Waals surface area contributed by atoms with Crippen molar-refractivity contribution >= 4 is 23.2 Å². The largest absolute Gasteiger partial charge is 0.416 e. The molecule has 5 nitrogen and oxygen atoms in total. The summed E-state index contributed by atoms with van der Waals surface area (Å²) in [5.74, 6) is -0.596. The number of halogens is 4. The Balaban J connectivity index is 1.99. The van der Waals surface area contributed by atoms with E-state index in [0.29, 0.717) is 5.69 Å². The molecule has 0 aliphatic rings. The van der Waals surface area contributed by atoms with Gasteiger partial charge in [-0.05, 0) is 37.3 Å². The monoisotopic (exact) mass is 380 g/mol. The summed E-state index contributed by atoms with van der Waals surface area (Å²) in [4.78, 5) is 20.0. The zero-order chi connectivity index (χ0) is 18.9. The van der Waals surface area contributed by atoms with Crippen molar-refractivity contribution in [1.29, 1.82) is 0 Å². The molecule has 0 saturated heterocycles. The van der Waals surface area contributed by atoms with Gasteiger partial charge >= 0.3 is 6.18 Å². The Morgan fingerprint density at radius 2 is 1.96 bits per heavy atom. The first-order chi connectivity index (χ1) is 12.2. The lowest BCUT2D eigenvalue weighted by Crippen LogP contribution is -2.14. The number of imidazole rings is 1. The zero-order valence-electron chi connectivity index (χ0n) is 13.4. The average molecular weight is 381 g/mol. The summed E-state index contributed by atoms with van der Waals surface area (Å²) >= 11 is 5.73. The predicted molar refractivity (Wildman–Crippen MR) is 90.5 cm³/mol. The van der Waals surface area contributed by atoms with Crippen LogP contribution < -0.4 is 5.32 Å². The molecule has 0 bridgehead atoms. The van der Waals surface area contributed by atoms with Crippen molar-refractivity contribution in [2.24, 2.45) is 0 Å². The van der Waals surface area contributed by atoms with Crippen LogP contribution in [0.25, 0.3) is 5.69 Å². The van der Waals surface area contributed by atoms with Crippen LogP contribution >= 0.6 is 11.6 Å². The highest BCUT2D eigenvalue weighted by Gasteiger charge is 2.31. The van der Waals surface area contributed by atoms with E-state index in [1.165, 1.54) is 35.3 Å². The van der Waals surface area contributed by atoms with Crippen LogP contribution in [0.1, 0.15) is 21.6 Å². The van der Waals surface area contributed by atoms with Gasteiger partial charge in [-0.1, -0.05) is 11.6 Å². The molecule has 0 spiro atoms. The van der Waals surface area contributed by atoms with Crippen LogP contribution in [-0.4, -0.2) is 20.4 Å². The maximum Gasteiger partial charge on any atom is 0.416 e. The molecule has 0 unspecified atom stereocenters. The molecule has 9 heteroatoms. The first kappa shape index (κ1) is 17.9. The quantitative estimate of drug-likeness (QED) is 0.680. The normalized spacial score (nSPS) is 11.4. The second-order valence-corrected chi connectivity index (χ2v) is 5.90. The highest BCUT2D eigenvalue weighted by Crippen LogP contribution is 2.33. The van der Waals surface area contributed by atoms with Gasteiger partial charge in [-0.25, -0.2) is 9.97 Å². The molecule has 0 aliphatic carbocycles. The first-order valence-electron chi connectivity index (χ1n) is 7.38.